The van der Waals surface area contributed by atoms with E-state index in [2.05, 4.69) is 16.9 Å². The number of aryl methyl sites for hydroxylation is 1. The van der Waals surface area contributed by atoms with Crippen molar-refractivity contribution in [2.45, 2.75) is 40.7 Å². The van der Waals surface area contributed by atoms with Crippen molar-refractivity contribution in [3.05, 3.63) is 41.6 Å². The van der Waals surface area contributed by atoms with Crippen molar-refractivity contribution in [2.75, 3.05) is 26.2 Å². The molecule has 1 N–H and O–H groups in total. The van der Waals surface area contributed by atoms with E-state index < -0.39 is 11.7 Å². The minimum Gasteiger partial charge on any atom is -0.528 e. The predicted octanol–water partition coefficient (Wildman–Crippen LogP) is 0.900. The fourth-order valence-corrected chi connectivity index (χ4v) is 1.82. The first-order valence-electron chi connectivity index (χ1n) is 9.24. The molecule has 0 saturated carbocycles. The van der Waals surface area contributed by atoms with Gasteiger partial charge in [-0.05, 0) is 6.07 Å². The van der Waals surface area contributed by atoms with E-state index in [1.807, 2.05) is 27.7 Å². The molecule has 0 unspecified atom stereocenters. The summed E-state index contributed by atoms with van der Waals surface area (Å²) < 4.78 is 6.14. The number of nitrogens with zero attached hydrogens (tertiary/aromatic N) is 3. The summed E-state index contributed by atoms with van der Waals surface area (Å²) in [5.74, 6) is -0.939. The maximum Gasteiger partial charge on any atom is 0.347 e. The van der Waals surface area contributed by atoms with Gasteiger partial charge in [-0.3, -0.25) is 14.2 Å². The fourth-order valence-electron chi connectivity index (χ4n) is 1.82. The van der Waals surface area contributed by atoms with Crippen molar-refractivity contribution in [1.82, 2.24) is 19.8 Å². The van der Waals surface area contributed by atoms with E-state index in [-0.39, 0.29) is 45.1 Å². The van der Waals surface area contributed by atoms with Crippen LogP contribution in [0.2, 0.25) is 0 Å². The summed E-state index contributed by atoms with van der Waals surface area (Å²) in [5.41, 5.74) is -0.459. The predicted molar refractivity (Wildman–Crippen MR) is 107 cm³/mol. The topological polar surface area (TPSA) is 111 Å². The molecule has 0 aliphatic heterocycles. The van der Waals surface area contributed by atoms with Gasteiger partial charge in [-0.2, -0.15) is 6.41 Å². The largest absolute Gasteiger partial charge is 0.528 e. The minimum atomic E-state index is -0.586. The molecule has 0 saturated heterocycles. The molecule has 1 aromatic heterocycles. The molecule has 0 spiro atoms. The number of carbonyl (C=O) groups excluding carboxylic acids is 3. The molecule has 0 atom stereocenters. The van der Waals surface area contributed by atoms with E-state index in [9.17, 15) is 19.2 Å². The third kappa shape index (κ3) is 13.8. The molecule has 1 aromatic rings. The van der Waals surface area contributed by atoms with Gasteiger partial charge in [0.1, 0.15) is 13.2 Å². The third-order valence-electron chi connectivity index (χ3n) is 2.96. The molecule has 0 bridgehead atoms. The Bertz CT molecular complexity index is 637. The summed E-state index contributed by atoms with van der Waals surface area (Å²) in [6, 6.07) is 1.58. The smallest absolute Gasteiger partial charge is 0.347 e. The number of carbonyl (C=O) groups is 2. The molecule has 0 radical (unpaired) electrons. The molecule has 0 aliphatic rings. The summed E-state index contributed by atoms with van der Waals surface area (Å²) in [7, 11) is 0. The zero-order chi connectivity index (χ0) is 21.8. The number of rotatable bonds is 11. The first-order chi connectivity index (χ1) is 13.6. The Morgan fingerprint density at radius 3 is 2.55 bits per heavy atom. The second kappa shape index (κ2) is 20.3. The SMILES string of the molecule is C=CCOC(=O)CN(CCN[C-]=O)C(=O)CCn1cccnc1=O.CC.CC.[Fm]. The third-order valence-corrected chi connectivity index (χ3v) is 2.96. The Kier molecular flexibility index (Phi) is 20.9. The van der Waals surface area contributed by atoms with Gasteiger partial charge in [-0.25, -0.2) is 9.78 Å². The number of ether oxygens (including phenoxy) is 1. The van der Waals surface area contributed by atoms with E-state index in [0.717, 1.165) is 0 Å². The number of hydrogen-bond donors (Lipinski definition) is 1. The van der Waals surface area contributed by atoms with Gasteiger partial charge in [0.2, 0.25) is 5.91 Å². The normalized spacial score (nSPS) is 8.55. The van der Waals surface area contributed by atoms with Crippen LogP contribution in [0, 0.1) is 0 Å². The Morgan fingerprint density at radius 1 is 1.34 bits per heavy atom. The molecule has 0 aromatic carbocycles. The van der Waals surface area contributed by atoms with Crippen LogP contribution in [0.4, 0.5) is 0 Å². The zero-order valence-corrected chi connectivity index (χ0v) is 19.8. The number of aromatic nitrogens is 2. The second-order valence-electron chi connectivity index (χ2n) is 4.66. The maximum absolute atomic E-state index is 12.3. The van der Waals surface area contributed by atoms with E-state index in [1.165, 1.54) is 34.3 Å². The van der Waals surface area contributed by atoms with Crippen LogP contribution in [0.3, 0.4) is 0 Å². The molecule has 170 valence electrons. The first kappa shape index (κ1) is 29.8. The molecular weight excluding hydrogens is 621 g/mol. The maximum atomic E-state index is 12.3. The molecule has 1 rings (SSSR count). The van der Waals surface area contributed by atoms with Crippen molar-refractivity contribution in [3.63, 3.8) is 0 Å². The summed E-state index contributed by atoms with van der Waals surface area (Å²) in [6.45, 7) is 11.6. The number of esters is 1. The van der Waals surface area contributed by atoms with Crippen LogP contribution in [0.1, 0.15) is 34.1 Å². The van der Waals surface area contributed by atoms with Gasteiger partial charge in [-0.1, -0.05) is 40.3 Å². The molecule has 9 nitrogen and oxygen atoms in total. The van der Waals surface area contributed by atoms with Gasteiger partial charge >= 0.3 is 11.7 Å². The summed E-state index contributed by atoms with van der Waals surface area (Å²) in [6.07, 6.45) is 5.80. The van der Waals surface area contributed by atoms with Crippen molar-refractivity contribution in [2.24, 2.45) is 0 Å². The van der Waals surface area contributed by atoms with Gasteiger partial charge in [0.15, 0.2) is 0 Å². The van der Waals surface area contributed by atoms with Gasteiger partial charge in [0, 0.05) is 38.4 Å². The molecule has 0 fully saturated rings. The van der Waals surface area contributed by atoms with Crippen molar-refractivity contribution in [3.8, 4) is 0 Å². The van der Waals surface area contributed by atoms with Crippen LogP contribution in [0.15, 0.2) is 35.9 Å². The summed E-state index contributed by atoms with van der Waals surface area (Å²) in [5, 5.41) is 2.30. The van der Waals surface area contributed by atoms with Crippen LogP contribution >= 0.6 is 0 Å². The Balaban J connectivity index is -0.00000127. The van der Waals surface area contributed by atoms with E-state index in [4.69, 9.17) is 4.74 Å². The van der Waals surface area contributed by atoms with Crippen LogP contribution in [-0.4, -0.2) is 59.0 Å². The first-order valence-corrected chi connectivity index (χ1v) is 9.24. The van der Waals surface area contributed by atoms with Gasteiger partial charge in [0.25, 0.3) is 0 Å². The molecule has 1 heterocycles. The van der Waals surface area contributed by atoms with Gasteiger partial charge in [-0.15, -0.1) is 0 Å². The van der Waals surface area contributed by atoms with Crippen LogP contribution in [-0.2, 0) is 25.7 Å². The molecule has 0 aliphatic carbocycles. The standard InChI is InChI=1S/C15H19N4O5.2C2H6.Fm/c1-2-10-24-14(22)11-19(9-6-16-12-20)13(21)4-8-18-7-3-5-17-15(18)23;2*1-2;/h2-3,5,7H,1,4,6,8-11H2,(H,16,20);2*1-2H3;/q-1;;;. The Labute approximate surface area is 166 Å². The van der Waals surface area contributed by atoms with Gasteiger partial charge in [0.05, 0.1) is 0 Å². The molecule has 10 heteroatoms. The average molecular weight is 652 g/mol. The van der Waals surface area contributed by atoms with E-state index >= 15 is 0 Å². The molecule has 29 heavy (non-hydrogen) atoms. The Morgan fingerprint density at radius 2 is 2.00 bits per heavy atom. The van der Waals surface area contributed by atoms with E-state index in [0.29, 0.717) is 0 Å². The van der Waals surface area contributed by atoms with Crippen molar-refractivity contribution in [1.29, 1.82) is 0 Å². The number of nitrogens with one attached hydrogen (secondary N) is 1. The quantitative estimate of drug-likeness (QED) is 0.125. The van der Waals surface area contributed by atoms with Crippen LogP contribution < -0.4 is 11.0 Å². The van der Waals surface area contributed by atoms with Crippen LogP contribution in [0.25, 0.3) is 0 Å². The molecule has 2 amide bonds. The number of amides is 2. The minimum absolute atomic E-state index is 0. The average Bonchev–Trinajstić information content (AvgIpc) is 2.73. The summed E-state index contributed by atoms with van der Waals surface area (Å²) >= 11 is 0. The monoisotopic (exact) mass is 652 g/mol. The number of hydrogen-bond acceptors (Lipinski definition) is 6. The van der Waals surface area contributed by atoms with Crippen molar-refractivity contribution < 1.29 is 19.1 Å². The van der Waals surface area contributed by atoms with Crippen molar-refractivity contribution >= 4 is 18.3 Å². The zero-order valence-electron chi connectivity index (χ0n) is 17.4. The van der Waals surface area contributed by atoms with Crippen LogP contribution in [0.5, 0.6) is 0 Å². The fraction of sp³-hybridized carbons (Fsp3) is 0.526. The second-order valence-corrected chi connectivity index (χ2v) is 4.66. The summed E-state index contributed by atoms with van der Waals surface area (Å²) in [4.78, 5) is 50.4. The van der Waals surface area contributed by atoms with Gasteiger partial charge < -0.3 is 19.7 Å². The Hall–Kier alpha value is -3.97. The van der Waals surface area contributed by atoms with E-state index in [1.54, 1.807) is 6.07 Å². The molecular formula is C19H31FmN4O5-.